The number of piperazine rings is 1. The topological polar surface area (TPSA) is 123 Å². The third-order valence-corrected chi connectivity index (χ3v) is 3.25. The number of guanidine groups is 1. The maximum atomic E-state index is 12.1. The second-order valence-electron chi connectivity index (χ2n) is 4.69. The Bertz CT molecular complexity index is 567. The number of benzene rings is 1. The quantitative estimate of drug-likeness (QED) is 0.441. The first-order chi connectivity index (χ1) is 9.97. The molecule has 0 unspecified atom stereocenters. The van der Waals surface area contributed by atoms with Gasteiger partial charge in [-0.05, 0) is 18.2 Å². The highest BCUT2D eigenvalue weighted by Crippen LogP contribution is 2.06. The van der Waals surface area contributed by atoms with Crippen molar-refractivity contribution in [2.24, 2.45) is 5.73 Å². The predicted molar refractivity (Wildman–Crippen MR) is 75.9 cm³/mol. The number of rotatable bonds is 3. The van der Waals surface area contributed by atoms with Gasteiger partial charge in [0.1, 0.15) is 0 Å². The third-order valence-electron chi connectivity index (χ3n) is 3.25. The fourth-order valence-electron chi connectivity index (χ4n) is 2.06. The Morgan fingerprint density at radius 3 is 2.38 bits per heavy atom. The summed E-state index contributed by atoms with van der Waals surface area (Å²) in [5, 5.41) is 18.0. The van der Waals surface area contributed by atoms with Crippen LogP contribution in [0.2, 0.25) is 0 Å². The summed E-state index contributed by atoms with van der Waals surface area (Å²) >= 11 is 0. The maximum absolute atomic E-state index is 12.1. The summed E-state index contributed by atoms with van der Waals surface area (Å²) in [5.74, 6) is -1.40. The van der Waals surface area contributed by atoms with E-state index in [-0.39, 0.29) is 17.4 Å². The van der Waals surface area contributed by atoms with Gasteiger partial charge in [-0.3, -0.25) is 15.6 Å². The first-order valence-corrected chi connectivity index (χ1v) is 6.45. The van der Waals surface area contributed by atoms with Crippen LogP contribution < -0.4 is 11.2 Å². The molecule has 0 spiro atoms. The molecule has 1 aliphatic heterocycles. The number of carbonyl (C=O) groups is 2. The van der Waals surface area contributed by atoms with Gasteiger partial charge in [-0.15, -0.1) is 0 Å². The molecule has 8 nitrogen and oxygen atoms in total. The van der Waals surface area contributed by atoms with Crippen molar-refractivity contribution in [3.63, 3.8) is 0 Å². The zero-order chi connectivity index (χ0) is 15.4. The van der Waals surface area contributed by atoms with Crippen LogP contribution in [0.15, 0.2) is 24.3 Å². The number of nitrogens with one attached hydrogen (secondary N) is 2. The Kier molecular flexibility index (Phi) is 4.39. The molecule has 1 amide bonds. The number of carbonyl (C=O) groups excluding carboxylic acids is 1. The molecule has 0 radical (unpaired) electrons. The van der Waals surface area contributed by atoms with Crippen LogP contribution in [0.4, 0.5) is 0 Å². The molecule has 5 N–H and O–H groups in total. The summed E-state index contributed by atoms with van der Waals surface area (Å²) in [7, 11) is 0. The van der Waals surface area contributed by atoms with Crippen LogP contribution in [-0.4, -0.2) is 59.0 Å². The molecule has 0 saturated carbocycles. The zero-order valence-electron chi connectivity index (χ0n) is 11.4. The van der Waals surface area contributed by atoms with Gasteiger partial charge >= 0.3 is 5.97 Å². The van der Waals surface area contributed by atoms with E-state index in [1.807, 2.05) is 0 Å². The zero-order valence-corrected chi connectivity index (χ0v) is 11.4. The molecule has 1 aliphatic rings. The lowest BCUT2D eigenvalue weighted by Crippen LogP contribution is -2.55. The molecule has 0 aromatic heterocycles. The van der Waals surface area contributed by atoms with Crippen molar-refractivity contribution < 1.29 is 14.7 Å². The Hall–Kier alpha value is -2.61. The summed E-state index contributed by atoms with van der Waals surface area (Å²) in [6.07, 6.45) is 0. The third kappa shape index (κ3) is 3.69. The van der Waals surface area contributed by atoms with Gasteiger partial charge in [0.2, 0.25) is 0 Å². The molecule has 1 fully saturated rings. The van der Waals surface area contributed by atoms with Crippen molar-refractivity contribution in [1.29, 1.82) is 5.41 Å². The van der Waals surface area contributed by atoms with Crippen molar-refractivity contribution in [3.8, 4) is 0 Å². The number of nitrogens with two attached hydrogens (primary N) is 1. The van der Waals surface area contributed by atoms with Gasteiger partial charge < -0.3 is 15.7 Å². The number of nitrogens with zero attached hydrogens (tertiary/aromatic N) is 2. The number of hydrogen-bond acceptors (Lipinski definition) is 4. The molecule has 1 aromatic rings. The Morgan fingerprint density at radius 1 is 1.19 bits per heavy atom. The largest absolute Gasteiger partial charge is 0.478 e. The molecular weight excluding hydrogens is 274 g/mol. The Balaban J connectivity index is 1.95. The van der Waals surface area contributed by atoms with Gasteiger partial charge in [0, 0.05) is 31.7 Å². The van der Waals surface area contributed by atoms with E-state index in [0.29, 0.717) is 31.7 Å². The average molecular weight is 291 g/mol. The number of amides is 1. The SMILES string of the molecule is N=C(N)N1CCN(NC(=O)c2cccc(C(=O)O)c2)CC1. The molecule has 1 heterocycles. The van der Waals surface area contributed by atoms with E-state index in [1.54, 1.807) is 16.0 Å². The lowest BCUT2D eigenvalue weighted by Gasteiger charge is -2.34. The van der Waals surface area contributed by atoms with Crippen molar-refractivity contribution in [2.75, 3.05) is 26.2 Å². The minimum atomic E-state index is -1.07. The number of hydrazine groups is 1. The first kappa shape index (κ1) is 14.8. The summed E-state index contributed by atoms with van der Waals surface area (Å²) in [4.78, 5) is 24.7. The molecule has 0 aliphatic carbocycles. The van der Waals surface area contributed by atoms with Crippen molar-refractivity contribution >= 4 is 17.8 Å². The molecular formula is C13H17N5O3. The van der Waals surface area contributed by atoms with Gasteiger partial charge in [0.25, 0.3) is 5.91 Å². The normalized spacial score (nSPS) is 15.5. The van der Waals surface area contributed by atoms with Crippen molar-refractivity contribution in [1.82, 2.24) is 15.3 Å². The van der Waals surface area contributed by atoms with Gasteiger partial charge in [-0.2, -0.15) is 0 Å². The van der Waals surface area contributed by atoms with Crippen LogP contribution in [0.25, 0.3) is 0 Å². The van der Waals surface area contributed by atoms with E-state index in [0.717, 1.165) is 0 Å². The monoisotopic (exact) mass is 291 g/mol. The second-order valence-corrected chi connectivity index (χ2v) is 4.69. The van der Waals surface area contributed by atoms with E-state index in [9.17, 15) is 9.59 Å². The van der Waals surface area contributed by atoms with Crippen LogP contribution in [0.1, 0.15) is 20.7 Å². The minimum Gasteiger partial charge on any atom is -0.478 e. The standard InChI is InChI=1S/C13H17N5O3/c14-13(15)17-4-6-18(7-5-17)16-11(19)9-2-1-3-10(8-9)12(20)21/h1-3,8H,4-7H2,(H3,14,15)(H,16,19)(H,20,21). The molecule has 1 saturated heterocycles. The molecule has 21 heavy (non-hydrogen) atoms. The second kappa shape index (κ2) is 6.23. The van der Waals surface area contributed by atoms with E-state index >= 15 is 0 Å². The number of carboxylic acids is 1. The lowest BCUT2D eigenvalue weighted by atomic mass is 10.1. The minimum absolute atomic E-state index is 0.0233. The molecule has 0 atom stereocenters. The highest BCUT2D eigenvalue weighted by atomic mass is 16.4. The number of carboxylic acid groups (broad SMARTS) is 1. The van der Waals surface area contributed by atoms with E-state index in [1.165, 1.54) is 18.2 Å². The van der Waals surface area contributed by atoms with Gasteiger partial charge in [0.15, 0.2) is 5.96 Å². The molecule has 1 aromatic carbocycles. The molecule has 0 bridgehead atoms. The van der Waals surface area contributed by atoms with Crippen LogP contribution in [0.3, 0.4) is 0 Å². The van der Waals surface area contributed by atoms with Crippen LogP contribution in [0.5, 0.6) is 0 Å². The summed E-state index contributed by atoms with van der Waals surface area (Å²) in [6.45, 7) is 2.21. The van der Waals surface area contributed by atoms with Crippen LogP contribution in [-0.2, 0) is 0 Å². The number of aromatic carboxylic acids is 1. The highest BCUT2D eigenvalue weighted by molar-refractivity contribution is 5.97. The van der Waals surface area contributed by atoms with Gasteiger partial charge in [-0.1, -0.05) is 6.07 Å². The Morgan fingerprint density at radius 2 is 1.81 bits per heavy atom. The summed E-state index contributed by atoms with van der Waals surface area (Å²) in [6, 6.07) is 5.87. The average Bonchev–Trinajstić information content (AvgIpc) is 2.48. The smallest absolute Gasteiger partial charge is 0.335 e. The predicted octanol–water partition coefficient (Wildman–Crippen LogP) is -0.459. The van der Waals surface area contributed by atoms with Gasteiger partial charge in [-0.25, -0.2) is 9.80 Å². The van der Waals surface area contributed by atoms with Gasteiger partial charge in [0.05, 0.1) is 5.56 Å². The van der Waals surface area contributed by atoms with Crippen molar-refractivity contribution in [2.45, 2.75) is 0 Å². The van der Waals surface area contributed by atoms with E-state index in [2.05, 4.69) is 5.43 Å². The lowest BCUT2D eigenvalue weighted by molar-refractivity contribution is 0.0697. The van der Waals surface area contributed by atoms with E-state index in [4.69, 9.17) is 16.2 Å². The number of hydrogen-bond donors (Lipinski definition) is 4. The van der Waals surface area contributed by atoms with Crippen molar-refractivity contribution in [3.05, 3.63) is 35.4 Å². The maximum Gasteiger partial charge on any atom is 0.335 e. The van der Waals surface area contributed by atoms with Crippen LogP contribution >= 0.6 is 0 Å². The first-order valence-electron chi connectivity index (χ1n) is 6.45. The Labute approximate surface area is 121 Å². The van der Waals surface area contributed by atoms with E-state index < -0.39 is 5.97 Å². The molecule has 112 valence electrons. The molecule has 8 heteroatoms. The molecule has 2 rings (SSSR count). The fourth-order valence-corrected chi connectivity index (χ4v) is 2.06. The fraction of sp³-hybridized carbons (Fsp3) is 0.308. The highest BCUT2D eigenvalue weighted by Gasteiger charge is 2.19. The summed E-state index contributed by atoms with van der Waals surface area (Å²) < 4.78 is 0. The summed E-state index contributed by atoms with van der Waals surface area (Å²) in [5.41, 5.74) is 8.49. The van der Waals surface area contributed by atoms with Crippen LogP contribution in [0, 0.1) is 5.41 Å².